The minimum Gasteiger partial charge on any atom is -0.492 e. The number of rotatable bonds is 6. The van der Waals surface area contributed by atoms with Gasteiger partial charge in [-0.05, 0) is 19.1 Å². The molecule has 140 valence electrons. The first-order valence-electron chi connectivity index (χ1n) is 8.67. The van der Waals surface area contributed by atoms with Gasteiger partial charge in [-0.1, -0.05) is 12.1 Å². The maximum absolute atomic E-state index is 13.4. The van der Waals surface area contributed by atoms with E-state index in [9.17, 15) is 4.57 Å². The van der Waals surface area contributed by atoms with Gasteiger partial charge in [0.05, 0.1) is 44.9 Å². The molecule has 0 bridgehead atoms. The van der Waals surface area contributed by atoms with Crippen molar-refractivity contribution in [2.24, 2.45) is 5.50 Å². The summed E-state index contributed by atoms with van der Waals surface area (Å²) in [6.07, 6.45) is -0.125. The summed E-state index contributed by atoms with van der Waals surface area (Å²) < 4.78 is 31.8. The van der Waals surface area contributed by atoms with E-state index in [-0.39, 0.29) is 6.17 Å². The Kier molecular flexibility index (Phi) is 6.33. The van der Waals surface area contributed by atoms with E-state index in [1.807, 2.05) is 35.9 Å². The number of nitrogens with one attached hydrogen (secondary N) is 1. The van der Waals surface area contributed by atoms with Gasteiger partial charge in [0.25, 0.3) is 0 Å². The summed E-state index contributed by atoms with van der Waals surface area (Å²) in [7, 11) is -3.32. The molecule has 0 saturated carbocycles. The third-order valence-electron chi connectivity index (χ3n) is 4.39. The molecule has 1 aromatic carbocycles. The Morgan fingerprint density at radius 3 is 2.72 bits per heavy atom. The Balaban J connectivity index is 1.78. The molecule has 3 rings (SSSR count). The highest BCUT2D eigenvalue weighted by molar-refractivity contribution is 7.60. The van der Waals surface area contributed by atoms with Gasteiger partial charge in [0.1, 0.15) is 5.75 Å². The highest BCUT2D eigenvalue weighted by Crippen LogP contribution is 2.46. The fourth-order valence-electron chi connectivity index (χ4n) is 3.18. The van der Waals surface area contributed by atoms with E-state index in [0.29, 0.717) is 51.0 Å². The zero-order valence-corrected chi connectivity index (χ0v) is 15.5. The standard InChI is InChI=1S/C16H27N4O4P/c1-2-24-15-6-4-3-5-14(15)18-25(17,21)20-9-12-23-13-16(20)19-7-10-22-11-8-19/h3-6,16H,2,7-13H2,1H3,(H3,17,18,21). The van der Waals surface area contributed by atoms with Crippen LogP contribution in [0.4, 0.5) is 5.69 Å². The lowest BCUT2D eigenvalue weighted by molar-refractivity contribution is -0.0731. The summed E-state index contributed by atoms with van der Waals surface area (Å²) in [6.45, 7) is 6.84. The molecule has 1 aromatic rings. The molecule has 25 heavy (non-hydrogen) atoms. The Morgan fingerprint density at radius 2 is 1.96 bits per heavy atom. The number of nitrogens with zero attached hydrogens (tertiary/aromatic N) is 2. The SMILES string of the molecule is CCOc1ccccc1NP(N)(=O)N1CCOCC1N1CCOCC1. The molecule has 8 nitrogen and oxygen atoms in total. The molecular weight excluding hydrogens is 343 g/mol. The average Bonchev–Trinajstić information content (AvgIpc) is 2.64. The summed E-state index contributed by atoms with van der Waals surface area (Å²) in [4.78, 5) is 2.22. The molecule has 0 aromatic heterocycles. The number of ether oxygens (including phenoxy) is 3. The number of hydrogen-bond acceptors (Lipinski definition) is 5. The van der Waals surface area contributed by atoms with Gasteiger partial charge < -0.3 is 19.3 Å². The van der Waals surface area contributed by atoms with E-state index >= 15 is 0 Å². The number of hydrogen-bond donors (Lipinski definition) is 2. The molecule has 9 heteroatoms. The summed E-state index contributed by atoms with van der Waals surface area (Å²) in [6, 6.07) is 7.41. The quantitative estimate of drug-likeness (QED) is 0.730. The Hall–Kier alpha value is -1.15. The molecule has 2 atom stereocenters. The lowest BCUT2D eigenvalue weighted by Crippen LogP contribution is -2.57. The molecule has 2 aliphatic heterocycles. The highest BCUT2D eigenvalue weighted by atomic mass is 31.2. The van der Waals surface area contributed by atoms with Gasteiger partial charge in [-0.3, -0.25) is 15.0 Å². The van der Waals surface area contributed by atoms with Crippen molar-refractivity contribution in [2.45, 2.75) is 13.1 Å². The van der Waals surface area contributed by atoms with Crippen LogP contribution in [0, 0.1) is 0 Å². The third kappa shape index (κ3) is 4.53. The van der Waals surface area contributed by atoms with Crippen molar-refractivity contribution in [3.05, 3.63) is 24.3 Å². The van der Waals surface area contributed by atoms with E-state index in [1.54, 1.807) is 0 Å². The second kappa shape index (κ2) is 8.49. The van der Waals surface area contributed by atoms with Crippen molar-refractivity contribution in [1.29, 1.82) is 0 Å². The van der Waals surface area contributed by atoms with Crippen molar-refractivity contribution in [3.8, 4) is 5.75 Å². The first-order valence-corrected chi connectivity index (χ1v) is 10.4. The van der Waals surface area contributed by atoms with Crippen LogP contribution in [0.25, 0.3) is 0 Å². The zero-order valence-electron chi connectivity index (χ0n) is 14.6. The number of anilines is 1. The van der Waals surface area contributed by atoms with Crippen LogP contribution in [0.1, 0.15) is 6.92 Å². The van der Waals surface area contributed by atoms with Gasteiger partial charge in [-0.25, -0.2) is 4.67 Å². The zero-order chi connectivity index (χ0) is 17.7. The molecule has 0 aliphatic carbocycles. The van der Waals surface area contributed by atoms with Gasteiger partial charge in [0, 0.05) is 19.6 Å². The Morgan fingerprint density at radius 1 is 1.24 bits per heavy atom. The summed E-state index contributed by atoms with van der Waals surface area (Å²) >= 11 is 0. The average molecular weight is 370 g/mol. The molecule has 2 unspecified atom stereocenters. The van der Waals surface area contributed by atoms with E-state index in [1.165, 1.54) is 0 Å². The van der Waals surface area contributed by atoms with Gasteiger partial charge in [0.15, 0.2) is 0 Å². The van der Waals surface area contributed by atoms with Crippen LogP contribution in [0.5, 0.6) is 5.75 Å². The van der Waals surface area contributed by atoms with Crippen LogP contribution in [0.15, 0.2) is 24.3 Å². The Bertz CT molecular complexity index is 612. The molecule has 0 amide bonds. The summed E-state index contributed by atoms with van der Waals surface area (Å²) in [5.74, 6) is 0.645. The minimum atomic E-state index is -3.32. The largest absolute Gasteiger partial charge is 0.492 e. The molecule has 3 N–H and O–H groups in total. The third-order valence-corrected chi connectivity index (χ3v) is 6.18. The molecule has 2 fully saturated rings. The van der Waals surface area contributed by atoms with E-state index < -0.39 is 7.59 Å². The van der Waals surface area contributed by atoms with E-state index in [2.05, 4.69) is 9.99 Å². The van der Waals surface area contributed by atoms with Gasteiger partial charge in [-0.15, -0.1) is 0 Å². The highest BCUT2D eigenvalue weighted by Gasteiger charge is 2.39. The normalized spacial score (nSPS) is 25.3. The Labute approximate surface area is 148 Å². The number of para-hydroxylation sites is 2. The van der Waals surface area contributed by atoms with Crippen LogP contribution >= 0.6 is 7.59 Å². The van der Waals surface area contributed by atoms with Crippen LogP contribution in [-0.2, 0) is 14.0 Å². The van der Waals surface area contributed by atoms with Crippen LogP contribution in [0.3, 0.4) is 0 Å². The monoisotopic (exact) mass is 370 g/mol. The molecule has 2 heterocycles. The molecule has 2 saturated heterocycles. The van der Waals surface area contributed by atoms with Gasteiger partial charge in [-0.2, -0.15) is 0 Å². The first-order chi connectivity index (χ1) is 12.1. The van der Waals surface area contributed by atoms with Gasteiger partial charge >= 0.3 is 7.59 Å². The van der Waals surface area contributed by atoms with Crippen LogP contribution in [0.2, 0.25) is 0 Å². The summed E-state index contributed by atoms with van der Waals surface area (Å²) in [5.41, 5.74) is 6.93. The lowest BCUT2D eigenvalue weighted by Gasteiger charge is -2.45. The van der Waals surface area contributed by atoms with Gasteiger partial charge in [0.2, 0.25) is 0 Å². The molecule has 2 aliphatic rings. The summed E-state index contributed by atoms with van der Waals surface area (Å²) in [5, 5.41) is 3.03. The smallest absolute Gasteiger partial charge is 0.304 e. The van der Waals surface area contributed by atoms with Crippen molar-refractivity contribution < 1.29 is 18.8 Å². The number of nitrogens with two attached hydrogens (primary N) is 1. The lowest BCUT2D eigenvalue weighted by atomic mass is 10.3. The molecule has 0 spiro atoms. The second-order valence-corrected chi connectivity index (χ2v) is 8.01. The fourth-order valence-corrected chi connectivity index (χ4v) is 4.82. The van der Waals surface area contributed by atoms with Crippen molar-refractivity contribution in [2.75, 3.05) is 57.8 Å². The van der Waals surface area contributed by atoms with E-state index in [4.69, 9.17) is 19.7 Å². The maximum Gasteiger partial charge on any atom is 0.304 e. The number of morpholine rings is 2. The van der Waals surface area contributed by atoms with Crippen molar-refractivity contribution >= 4 is 13.3 Å². The minimum absolute atomic E-state index is 0.125. The van der Waals surface area contributed by atoms with Crippen molar-refractivity contribution in [1.82, 2.24) is 9.57 Å². The predicted octanol–water partition coefficient (Wildman–Crippen LogP) is 1.55. The van der Waals surface area contributed by atoms with E-state index in [0.717, 1.165) is 13.1 Å². The van der Waals surface area contributed by atoms with Crippen LogP contribution < -0.4 is 15.3 Å². The molecule has 0 radical (unpaired) electrons. The second-order valence-electron chi connectivity index (χ2n) is 6.03. The first kappa shape index (κ1) is 18.6. The molecular formula is C16H27N4O4P. The number of benzene rings is 1. The predicted molar refractivity (Wildman–Crippen MR) is 96.7 cm³/mol. The van der Waals surface area contributed by atoms with Crippen molar-refractivity contribution in [3.63, 3.8) is 0 Å². The van der Waals surface area contributed by atoms with Crippen LogP contribution in [-0.4, -0.2) is 68.4 Å². The maximum atomic E-state index is 13.4. The fraction of sp³-hybridized carbons (Fsp3) is 0.625. The topological polar surface area (TPSA) is 89.3 Å².